The van der Waals surface area contributed by atoms with E-state index in [9.17, 15) is 0 Å². The minimum Gasteiger partial charge on any atom is -0.269 e. The van der Waals surface area contributed by atoms with Crippen LogP contribution >= 0.6 is 0 Å². The zero-order valence-corrected chi connectivity index (χ0v) is 9.62. The van der Waals surface area contributed by atoms with Gasteiger partial charge >= 0.3 is 0 Å². The topological polar surface area (TPSA) is 17.8 Å². The molecule has 0 amide bonds. The quantitative estimate of drug-likeness (QED) is 0.702. The maximum absolute atomic E-state index is 4.66. The molecule has 1 atom stereocenters. The summed E-state index contributed by atoms with van der Waals surface area (Å²) in [5.41, 5.74) is 1.58. The molecule has 0 N–H and O–H groups in total. The lowest BCUT2D eigenvalue weighted by molar-refractivity contribution is 0.244. The van der Waals surface area contributed by atoms with Crippen LogP contribution in [0.15, 0.2) is 12.3 Å². The normalized spacial score (nSPS) is 19.7. The van der Waals surface area contributed by atoms with Crippen molar-refractivity contribution in [2.45, 2.75) is 52.5 Å². The van der Waals surface area contributed by atoms with Crippen molar-refractivity contribution in [2.24, 2.45) is 5.41 Å². The van der Waals surface area contributed by atoms with Crippen molar-refractivity contribution in [3.8, 4) is 0 Å². The lowest BCUT2D eigenvalue weighted by Crippen LogP contribution is -2.22. The summed E-state index contributed by atoms with van der Waals surface area (Å²) in [7, 11) is 0. The molecule has 1 saturated carbocycles. The zero-order chi connectivity index (χ0) is 10.3. The Balaban J connectivity index is 2.15. The molecule has 0 unspecified atom stereocenters. The minimum atomic E-state index is 0.285. The summed E-state index contributed by atoms with van der Waals surface area (Å²) in [4.78, 5) is 0. The van der Waals surface area contributed by atoms with Crippen LogP contribution in [0.25, 0.3) is 0 Å². The van der Waals surface area contributed by atoms with Gasteiger partial charge in [0.2, 0.25) is 0 Å². The van der Waals surface area contributed by atoms with E-state index in [0.717, 1.165) is 5.92 Å². The Morgan fingerprint density at radius 3 is 2.57 bits per heavy atom. The Morgan fingerprint density at radius 1 is 1.43 bits per heavy atom. The van der Waals surface area contributed by atoms with Gasteiger partial charge in [0, 0.05) is 12.1 Å². The third-order valence-electron chi connectivity index (χ3n) is 3.27. The Kier molecular flexibility index (Phi) is 2.17. The molecule has 0 aliphatic heterocycles. The predicted molar refractivity (Wildman–Crippen MR) is 58.4 cm³/mol. The number of aromatic nitrogens is 2. The van der Waals surface area contributed by atoms with Gasteiger partial charge in [0.05, 0.1) is 11.7 Å². The Morgan fingerprint density at radius 2 is 2.07 bits per heavy atom. The van der Waals surface area contributed by atoms with E-state index in [1.54, 1.807) is 0 Å². The molecular weight excluding hydrogens is 172 g/mol. The second-order valence-corrected chi connectivity index (χ2v) is 5.54. The molecule has 0 aromatic carbocycles. The molecular formula is C12H20N2. The number of rotatable bonds is 2. The summed E-state index contributed by atoms with van der Waals surface area (Å²) in [6.07, 6.45) is 4.80. The van der Waals surface area contributed by atoms with E-state index in [1.165, 1.54) is 18.5 Å². The van der Waals surface area contributed by atoms with Gasteiger partial charge in [0.1, 0.15) is 0 Å². The van der Waals surface area contributed by atoms with Gasteiger partial charge in [0.15, 0.2) is 0 Å². The van der Waals surface area contributed by atoms with Crippen molar-refractivity contribution in [3.63, 3.8) is 0 Å². The van der Waals surface area contributed by atoms with E-state index in [-0.39, 0.29) is 5.41 Å². The summed E-state index contributed by atoms with van der Waals surface area (Å²) in [6.45, 7) is 9.02. The summed E-state index contributed by atoms with van der Waals surface area (Å²) in [5.74, 6) is 0.767. The van der Waals surface area contributed by atoms with E-state index < -0.39 is 0 Å². The molecule has 14 heavy (non-hydrogen) atoms. The van der Waals surface area contributed by atoms with Crippen molar-refractivity contribution < 1.29 is 0 Å². The molecule has 1 fully saturated rings. The van der Waals surface area contributed by atoms with Crippen molar-refractivity contribution >= 4 is 0 Å². The maximum atomic E-state index is 4.66. The van der Waals surface area contributed by atoms with E-state index in [1.807, 2.05) is 0 Å². The smallest absolute Gasteiger partial charge is 0.0655 e. The highest BCUT2D eigenvalue weighted by Crippen LogP contribution is 2.39. The van der Waals surface area contributed by atoms with Crippen molar-refractivity contribution in [3.05, 3.63) is 18.0 Å². The van der Waals surface area contributed by atoms with Crippen molar-refractivity contribution in [2.75, 3.05) is 0 Å². The molecule has 0 radical (unpaired) electrons. The fraction of sp³-hybridized carbons (Fsp3) is 0.750. The summed E-state index contributed by atoms with van der Waals surface area (Å²) in [5, 5.41) is 4.66. The first-order valence-electron chi connectivity index (χ1n) is 5.53. The van der Waals surface area contributed by atoms with Crippen molar-refractivity contribution in [1.29, 1.82) is 0 Å². The second kappa shape index (κ2) is 3.11. The first kappa shape index (κ1) is 9.75. The highest BCUT2D eigenvalue weighted by atomic mass is 15.3. The third-order valence-corrected chi connectivity index (χ3v) is 3.27. The van der Waals surface area contributed by atoms with Crippen LogP contribution in [0.3, 0.4) is 0 Å². The predicted octanol–water partition coefficient (Wildman–Crippen LogP) is 3.37. The third kappa shape index (κ3) is 1.84. The molecule has 1 heterocycles. The van der Waals surface area contributed by atoms with Crippen LogP contribution in [0.5, 0.6) is 0 Å². The fourth-order valence-corrected chi connectivity index (χ4v) is 1.56. The zero-order valence-electron chi connectivity index (χ0n) is 9.62. The molecule has 0 saturated heterocycles. The maximum Gasteiger partial charge on any atom is 0.0655 e. The molecule has 2 rings (SSSR count). The van der Waals surface area contributed by atoms with Crippen LogP contribution in [-0.4, -0.2) is 9.78 Å². The first-order valence-corrected chi connectivity index (χ1v) is 5.53. The van der Waals surface area contributed by atoms with E-state index >= 15 is 0 Å². The van der Waals surface area contributed by atoms with Crippen LogP contribution in [0.2, 0.25) is 0 Å². The van der Waals surface area contributed by atoms with Crippen LogP contribution < -0.4 is 0 Å². The molecule has 1 aliphatic carbocycles. The average Bonchev–Trinajstić information content (AvgIpc) is 2.82. The summed E-state index contributed by atoms with van der Waals surface area (Å²) in [6, 6.07) is 2.65. The van der Waals surface area contributed by atoms with E-state index in [0.29, 0.717) is 6.04 Å². The van der Waals surface area contributed by atoms with Gasteiger partial charge in [0.25, 0.3) is 0 Å². The Hall–Kier alpha value is -0.790. The molecule has 0 bridgehead atoms. The highest BCUT2D eigenvalue weighted by molar-refractivity contribution is 5.12. The first-order chi connectivity index (χ1) is 6.48. The SMILES string of the molecule is C[C@@H](n1ccc(C2CC2)n1)C(C)(C)C. The molecule has 78 valence electrons. The number of hydrogen-bond donors (Lipinski definition) is 0. The lowest BCUT2D eigenvalue weighted by atomic mass is 9.88. The Bertz CT molecular complexity index is 315. The Labute approximate surface area is 86.3 Å². The molecule has 1 aromatic rings. The van der Waals surface area contributed by atoms with E-state index in [4.69, 9.17) is 0 Å². The van der Waals surface area contributed by atoms with Crippen LogP contribution in [0.4, 0.5) is 0 Å². The minimum absolute atomic E-state index is 0.285. The monoisotopic (exact) mass is 192 g/mol. The highest BCUT2D eigenvalue weighted by Gasteiger charge is 2.28. The molecule has 2 nitrogen and oxygen atoms in total. The van der Waals surface area contributed by atoms with Crippen LogP contribution in [-0.2, 0) is 0 Å². The molecule has 1 aliphatic rings. The van der Waals surface area contributed by atoms with Gasteiger partial charge in [-0.2, -0.15) is 5.10 Å². The van der Waals surface area contributed by atoms with Crippen LogP contribution in [0.1, 0.15) is 58.2 Å². The van der Waals surface area contributed by atoms with E-state index in [2.05, 4.69) is 49.7 Å². The van der Waals surface area contributed by atoms with Gasteiger partial charge in [-0.05, 0) is 31.2 Å². The van der Waals surface area contributed by atoms with Gasteiger partial charge in [-0.1, -0.05) is 20.8 Å². The lowest BCUT2D eigenvalue weighted by Gasteiger charge is -2.27. The molecule has 0 spiro atoms. The van der Waals surface area contributed by atoms with Gasteiger partial charge in [-0.15, -0.1) is 0 Å². The summed E-state index contributed by atoms with van der Waals surface area (Å²) >= 11 is 0. The molecule has 1 aromatic heterocycles. The fourth-order valence-electron chi connectivity index (χ4n) is 1.56. The molecule has 2 heteroatoms. The van der Waals surface area contributed by atoms with Gasteiger partial charge in [-0.3, -0.25) is 4.68 Å². The summed E-state index contributed by atoms with van der Waals surface area (Å²) < 4.78 is 2.12. The van der Waals surface area contributed by atoms with Crippen LogP contribution in [0, 0.1) is 5.41 Å². The standard InChI is InChI=1S/C12H20N2/c1-9(12(2,3)4)14-8-7-11(13-14)10-5-6-10/h7-10H,5-6H2,1-4H3/t9-/m1/s1. The van der Waals surface area contributed by atoms with Gasteiger partial charge < -0.3 is 0 Å². The number of hydrogen-bond acceptors (Lipinski definition) is 1. The van der Waals surface area contributed by atoms with Crippen molar-refractivity contribution in [1.82, 2.24) is 9.78 Å². The largest absolute Gasteiger partial charge is 0.269 e. The average molecular weight is 192 g/mol. The van der Waals surface area contributed by atoms with Gasteiger partial charge in [-0.25, -0.2) is 0 Å². The second-order valence-electron chi connectivity index (χ2n) is 5.54. The number of nitrogens with zero attached hydrogens (tertiary/aromatic N) is 2.